The second-order valence-corrected chi connectivity index (χ2v) is 5.64. The van der Waals surface area contributed by atoms with Gasteiger partial charge in [-0.3, -0.25) is 0 Å². The van der Waals surface area contributed by atoms with E-state index in [-0.39, 0.29) is 5.82 Å². The third kappa shape index (κ3) is 2.69. The van der Waals surface area contributed by atoms with Gasteiger partial charge in [-0.05, 0) is 49.7 Å². The molecule has 0 atom stereocenters. The van der Waals surface area contributed by atoms with E-state index in [1.807, 2.05) is 38.1 Å². The fraction of sp³-hybridized carbons (Fsp3) is 0.111. The van der Waals surface area contributed by atoms with Crippen LogP contribution >= 0.6 is 0 Å². The van der Waals surface area contributed by atoms with Crippen LogP contribution in [0.25, 0.3) is 28.7 Å². The minimum absolute atomic E-state index is 0.295. The van der Waals surface area contributed by atoms with Gasteiger partial charge in [-0.2, -0.15) is 0 Å². The molecule has 0 bridgehead atoms. The summed E-state index contributed by atoms with van der Waals surface area (Å²) < 4.78 is 20.5. The molecule has 0 saturated heterocycles. The van der Waals surface area contributed by atoms with Crippen LogP contribution in [0.5, 0.6) is 0 Å². The van der Waals surface area contributed by atoms with E-state index in [2.05, 4.69) is 20.5 Å². The van der Waals surface area contributed by atoms with Gasteiger partial charge in [0.05, 0.1) is 11.4 Å². The number of aromatic nitrogens is 5. The quantitative estimate of drug-likeness (QED) is 0.570. The summed E-state index contributed by atoms with van der Waals surface area (Å²) in [4.78, 5) is 0. The Labute approximate surface area is 142 Å². The molecule has 0 unspecified atom stereocenters. The van der Waals surface area contributed by atoms with Crippen molar-refractivity contribution < 1.29 is 8.81 Å². The summed E-state index contributed by atoms with van der Waals surface area (Å²) in [5, 5.41) is 16.5. The molecule has 4 aromatic rings. The van der Waals surface area contributed by atoms with E-state index in [9.17, 15) is 4.39 Å². The number of halogens is 1. The number of aryl methyl sites for hydroxylation is 1. The van der Waals surface area contributed by atoms with Gasteiger partial charge in [0.1, 0.15) is 5.82 Å². The predicted molar refractivity (Wildman–Crippen MR) is 89.5 cm³/mol. The summed E-state index contributed by atoms with van der Waals surface area (Å²) >= 11 is 0. The highest BCUT2D eigenvalue weighted by Gasteiger charge is 2.19. The van der Waals surface area contributed by atoms with Crippen LogP contribution in [0.1, 0.15) is 11.3 Å². The maximum atomic E-state index is 13.1. The first-order valence-electron chi connectivity index (χ1n) is 7.71. The molecule has 7 heteroatoms. The predicted octanol–water partition coefficient (Wildman–Crippen LogP) is 3.74. The maximum absolute atomic E-state index is 13.1. The minimum atomic E-state index is -0.304. The third-order valence-corrected chi connectivity index (χ3v) is 3.97. The molecule has 0 saturated carbocycles. The summed E-state index contributed by atoms with van der Waals surface area (Å²) in [6, 6.07) is 13.8. The van der Waals surface area contributed by atoms with Crippen LogP contribution in [0.15, 0.2) is 52.9 Å². The van der Waals surface area contributed by atoms with E-state index in [1.165, 1.54) is 12.1 Å². The minimum Gasteiger partial charge on any atom is -0.414 e. The lowest BCUT2D eigenvalue weighted by Crippen LogP contribution is -1.99. The van der Waals surface area contributed by atoms with Crippen molar-refractivity contribution in [2.75, 3.05) is 0 Å². The second-order valence-electron chi connectivity index (χ2n) is 5.64. The van der Waals surface area contributed by atoms with Gasteiger partial charge in [0.2, 0.25) is 5.89 Å². The summed E-state index contributed by atoms with van der Waals surface area (Å²) in [5.74, 6) is 0.425. The Balaban J connectivity index is 1.72. The van der Waals surface area contributed by atoms with Crippen molar-refractivity contribution in [3.05, 3.63) is 65.6 Å². The van der Waals surface area contributed by atoms with Crippen molar-refractivity contribution in [2.24, 2.45) is 0 Å². The lowest BCUT2D eigenvalue weighted by Gasteiger charge is -2.02. The zero-order valence-electron chi connectivity index (χ0n) is 13.6. The Bertz CT molecular complexity index is 1040. The van der Waals surface area contributed by atoms with Gasteiger partial charge in [0, 0.05) is 5.56 Å². The topological polar surface area (TPSA) is 69.6 Å². The molecule has 25 heavy (non-hydrogen) atoms. The van der Waals surface area contributed by atoms with Crippen LogP contribution in [-0.2, 0) is 0 Å². The van der Waals surface area contributed by atoms with Crippen LogP contribution in [0.4, 0.5) is 4.39 Å². The number of nitrogens with zero attached hydrogens (tertiary/aromatic N) is 5. The molecule has 2 aromatic carbocycles. The summed E-state index contributed by atoms with van der Waals surface area (Å²) in [6.45, 7) is 3.83. The average Bonchev–Trinajstić information content (AvgIpc) is 3.23. The molecule has 0 aliphatic rings. The first-order valence-corrected chi connectivity index (χ1v) is 7.71. The summed E-state index contributed by atoms with van der Waals surface area (Å²) in [5.41, 5.74) is 3.86. The summed E-state index contributed by atoms with van der Waals surface area (Å²) in [7, 11) is 0. The van der Waals surface area contributed by atoms with E-state index in [0.29, 0.717) is 23.2 Å². The van der Waals surface area contributed by atoms with E-state index in [4.69, 9.17) is 4.42 Å². The van der Waals surface area contributed by atoms with Crippen LogP contribution in [0.2, 0.25) is 0 Å². The molecule has 0 amide bonds. The van der Waals surface area contributed by atoms with Gasteiger partial charge in [-0.1, -0.05) is 23.4 Å². The fourth-order valence-corrected chi connectivity index (χ4v) is 2.59. The van der Waals surface area contributed by atoms with Crippen molar-refractivity contribution in [2.45, 2.75) is 13.8 Å². The first kappa shape index (κ1) is 15.2. The molecule has 2 heterocycles. The van der Waals surface area contributed by atoms with Crippen LogP contribution in [-0.4, -0.2) is 25.2 Å². The van der Waals surface area contributed by atoms with Gasteiger partial charge >= 0.3 is 0 Å². The fourth-order valence-electron chi connectivity index (χ4n) is 2.59. The van der Waals surface area contributed by atoms with Crippen molar-refractivity contribution >= 4 is 0 Å². The van der Waals surface area contributed by atoms with Crippen LogP contribution in [0, 0.1) is 19.7 Å². The maximum Gasteiger partial charge on any atom is 0.270 e. The van der Waals surface area contributed by atoms with Crippen molar-refractivity contribution in [1.82, 2.24) is 25.2 Å². The Morgan fingerprint density at radius 3 is 2.36 bits per heavy atom. The molecule has 0 aliphatic heterocycles. The average molecular weight is 335 g/mol. The van der Waals surface area contributed by atoms with E-state index < -0.39 is 0 Å². The smallest absolute Gasteiger partial charge is 0.270 e. The van der Waals surface area contributed by atoms with Gasteiger partial charge < -0.3 is 4.42 Å². The van der Waals surface area contributed by atoms with Crippen molar-refractivity contribution in [3.8, 4) is 28.7 Å². The zero-order chi connectivity index (χ0) is 17.4. The number of hydrogen-bond acceptors (Lipinski definition) is 5. The molecule has 6 nitrogen and oxygen atoms in total. The first-order chi connectivity index (χ1) is 12.1. The molecule has 2 aromatic heterocycles. The van der Waals surface area contributed by atoms with E-state index >= 15 is 0 Å². The van der Waals surface area contributed by atoms with E-state index in [1.54, 1.807) is 16.8 Å². The lowest BCUT2D eigenvalue weighted by molar-refractivity contribution is 0.581. The van der Waals surface area contributed by atoms with Crippen molar-refractivity contribution in [1.29, 1.82) is 0 Å². The van der Waals surface area contributed by atoms with Crippen LogP contribution < -0.4 is 0 Å². The molecule has 0 spiro atoms. The van der Waals surface area contributed by atoms with Gasteiger partial charge in [-0.25, -0.2) is 9.07 Å². The monoisotopic (exact) mass is 335 g/mol. The van der Waals surface area contributed by atoms with Gasteiger partial charge in [-0.15, -0.1) is 15.3 Å². The molecule has 0 N–H and O–H groups in total. The Hall–Kier alpha value is -3.35. The van der Waals surface area contributed by atoms with Gasteiger partial charge in [0.25, 0.3) is 5.89 Å². The molecule has 4 rings (SSSR count). The zero-order valence-corrected chi connectivity index (χ0v) is 13.6. The Kier molecular flexibility index (Phi) is 3.61. The lowest BCUT2D eigenvalue weighted by atomic mass is 10.1. The Morgan fingerprint density at radius 1 is 0.880 bits per heavy atom. The molecule has 0 radical (unpaired) electrons. The molecular formula is C18H14FN5O. The highest BCUT2D eigenvalue weighted by Crippen LogP contribution is 2.27. The summed E-state index contributed by atoms with van der Waals surface area (Å²) in [6.07, 6.45) is 0. The highest BCUT2D eigenvalue weighted by molar-refractivity contribution is 5.60. The van der Waals surface area contributed by atoms with Crippen molar-refractivity contribution in [3.63, 3.8) is 0 Å². The standard InChI is InChI=1S/C18H14FN5O/c1-11-5-3-4-6-15(11)17-21-22-18(25-17)16-12(2)24(23-20-16)14-9-7-13(19)8-10-14/h3-10H,1-2H3. The van der Waals surface area contributed by atoms with Crippen LogP contribution in [0.3, 0.4) is 0 Å². The Morgan fingerprint density at radius 2 is 1.60 bits per heavy atom. The van der Waals surface area contributed by atoms with Gasteiger partial charge in [0.15, 0.2) is 5.69 Å². The molecule has 0 fully saturated rings. The molecule has 124 valence electrons. The highest BCUT2D eigenvalue weighted by atomic mass is 19.1. The molecule has 0 aliphatic carbocycles. The number of benzene rings is 2. The molecular weight excluding hydrogens is 321 g/mol. The normalized spacial score (nSPS) is 11.0. The largest absolute Gasteiger partial charge is 0.414 e. The SMILES string of the molecule is Cc1ccccc1-c1nnc(-c2nnn(-c3ccc(F)cc3)c2C)o1. The van der Waals surface area contributed by atoms with E-state index in [0.717, 1.165) is 16.8 Å². The number of rotatable bonds is 3. The third-order valence-electron chi connectivity index (χ3n) is 3.97. The second kappa shape index (κ2) is 5.94. The number of hydrogen-bond donors (Lipinski definition) is 0.